The molecule has 9 heavy (non-hydrogen) atoms. The predicted molar refractivity (Wildman–Crippen MR) is 36.2 cm³/mol. The summed E-state index contributed by atoms with van der Waals surface area (Å²) in [5.74, 6) is 5.86. The molecule has 0 fully saturated rings. The van der Waals surface area contributed by atoms with E-state index >= 15 is 0 Å². The first-order valence-electron chi connectivity index (χ1n) is 2.83. The minimum absolute atomic E-state index is 0.481. The summed E-state index contributed by atoms with van der Waals surface area (Å²) in [6, 6.07) is 1.76. The molecule has 4 N–H and O–H groups in total. The van der Waals surface area contributed by atoms with E-state index < -0.39 is 0 Å². The molecule has 4 nitrogen and oxygen atoms in total. The number of hydrogen-bond donors (Lipinski definition) is 2. The van der Waals surface area contributed by atoms with Crippen molar-refractivity contribution in [3.05, 3.63) is 11.8 Å². The van der Waals surface area contributed by atoms with Crippen molar-refractivity contribution in [1.82, 2.24) is 9.89 Å². The highest BCUT2D eigenvalue weighted by Gasteiger charge is 1.97. The molecule has 50 valence electrons. The Morgan fingerprint density at radius 3 is 2.67 bits per heavy atom. The lowest BCUT2D eigenvalue weighted by atomic mass is 10.3. The van der Waals surface area contributed by atoms with E-state index in [9.17, 15) is 0 Å². The maximum absolute atomic E-state index is 5.38. The van der Waals surface area contributed by atoms with Gasteiger partial charge in [0, 0.05) is 6.07 Å². The summed E-state index contributed by atoms with van der Waals surface area (Å²) in [6.07, 6.45) is 0.862. The van der Waals surface area contributed by atoms with Crippen molar-refractivity contribution in [3.63, 3.8) is 0 Å². The van der Waals surface area contributed by atoms with Crippen molar-refractivity contribution in [3.8, 4) is 0 Å². The van der Waals surface area contributed by atoms with Crippen LogP contribution < -0.4 is 11.6 Å². The summed E-state index contributed by atoms with van der Waals surface area (Å²) in [6.45, 7) is 2.00. The van der Waals surface area contributed by atoms with Crippen LogP contribution in [0, 0.1) is 0 Å². The van der Waals surface area contributed by atoms with Gasteiger partial charge in [-0.1, -0.05) is 6.92 Å². The van der Waals surface area contributed by atoms with Crippen LogP contribution in [0.2, 0.25) is 0 Å². The summed E-state index contributed by atoms with van der Waals surface area (Å²) < 4.78 is 0. The maximum Gasteiger partial charge on any atom is 0.147 e. The molecule has 0 aromatic carbocycles. The standard InChI is InChI=1S/C5H10N4/c1-2-4-3-5(6)8-9(4)7/h3H,2,7H2,1H3,(H2,6,8). The highest BCUT2D eigenvalue weighted by Crippen LogP contribution is 2.01. The minimum Gasteiger partial charge on any atom is -0.382 e. The van der Waals surface area contributed by atoms with Crippen molar-refractivity contribution in [2.75, 3.05) is 11.6 Å². The average Bonchev–Trinajstić information content (AvgIpc) is 2.10. The molecule has 0 aliphatic rings. The van der Waals surface area contributed by atoms with Crippen LogP contribution in [-0.4, -0.2) is 9.89 Å². The molecule has 0 unspecified atom stereocenters. The third-order valence-electron chi connectivity index (χ3n) is 1.19. The second-order valence-corrected chi connectivity index (χ2v) is 1.86. The van der Waals surface area contributed by atoms with Gasteiger partial charge in [-0.15, -0.1) is 5.10 Å². The molecular formula is C5H10N4. The fraction of sp³-hybridized carbons (Fsp3) is 0.400. The fourth-order valence-electron chi connectivity index (χ4n) is 0.718. The van der Waals surface area contributed by atoms with Crippen LogP contribution >= 0.6 is 0 Å². The number of nitrogens with two attached hydrogens (primary N) is 2. The van der Waals surface area contributed by atoms with Crippen LogP contribution in [0.1, 0.15) is 12.6 Å². The first-order chi connectivity index (χ1) is 4.24. The zero-order valence-electron chi connectivity index (χ0n) is 5.33. The molecule has 1 aromatic heterocycles. The Hall–Kier alpha value is -1.19. The monoisotopic (exact) mass is 126 g/mol. The first-order valence-corrected chi connectivity index (χ1v) is 2.83. The normalized spacial score (nSPS) is 9.89. The van der Waals surface area contributed by atoms with E-state index in [-0.39, 0.29) is 0 Å². The summed E-state index contributed by atoms with van der Waals surface area (Å²) >= 11 is 0. The Labute approximate surface area is 53.4 Å². The Balaban J connectivity index is 3.01. The lowest BCUT2D eigenvalue weighted by Gasteiger charge is -1.92. The molecule has 1 rings (SSSR count). The molecule has 0 spiro atoms. The van der Waals surface area contributed by atoms with Crippen LogP contribution in [0.15, 0.2) is 6.07 Å². The van der Waals surface area contributed by atoms with Gasteiger partial charge in [-0.2, -0.15) is 4.79 Å². The number of rotatable bonds is 1. The van der Waals surface area contributed by atoms with Crippen molar-refractivity contribution >= 4 is 5.82 Å². The summed E-state index contributed by atoms with van der Waals surface area (Å²) in [5, 5.41) is 3.75. The zero-order valence-corrected chi connectivity index (χ0v) is 5.33. The van der Waals surface area contributed by atoms with Gasteiger partial charge in [-0.25, -0.2) is 0 Å². The maximum atomic E-state index is 5.38. The van der Waals surface area contributed by atoms with Gasteiger partial charge >= 0.3 is 0 Å². The number of aryl methyl sites for hydroxylation is 1. The van der Waals surface area contributed by atoms with Crippen molar-refractivity contribution in [2.24, 2.45) is 0 Å². The van der Waals surface area contributed by atoms with Crippen LogP contribution in [-0.2, 0) is 6.42 Å². The molecule has 0 atom stereocenters. The minimum atomic E-state index is 0.481. The lowest BCUT2D eigenvalue weighted by Crippen LogP contribution is -2.13. The van der Waals surface area contributed by atoms with Gasteiger partial charge in [0.2, 0.25) is 0 Å². The first kappa shape index (κ1) is 5.94. The summed E-state index contributed by atoms with van der Waals surface area (Å²) in [4.78, 5) is 1.30. The van der Waals surface area contributed by atoms with Gasteiger partial charge in [-0.3, -0.25) is 0 Å². The molecule has 1 aromatic rings. The van der Waals surface area contributed by atoms with E-state index in [1.807, 2.05) is 6.92 Å². The molecule has 0 amide bonds. The van der Waals surface area contributed by atoms with Crippen LogP contribution in [0.3, 0.4) is 0 Å². The van der Waals surface area contributed by atoms with Gasteiger partial charge < -0.3 is 11.6 Å². The number of aromatic nitrogens is 2. The third-order valence-corrected chi connectivity index (χ3v) is 1.19. The van der Waals surface area contributed by atoms with Gasteiger partial charge in [0.15, 0.2) is 0 Å². The molecule has 0 radical (unpaired) electrons. The average molecular weight is 126 g/mol. The molecule has 0 saturated carbocycles. The van der Waals surface area contributed by atoms with Crippen LogP contribution in [0.5, 0.6) is 0 Å². The predicted octanol–water partition coefficient (Wildman–Crippen LogP) is -0.259. The number of hydrogen-bond acceptors (Lipinski definition) is 3. The summed E-state index contributed by atoms with van der Waals surface area (Å²) in [7, 11) is 0. The Morgan fingerprint density at radius 2 is 2.44 bits per heavy atom. The van der Waals surface area contributed by atoms with E-state index in [4.69, 9.17) is 11.6 Å². The number of nitrogen functional groups attached to an aromatic ring is 2. The van der Waals surface area contributed by atoms with E-state index in [0.29, 0.717) is 5.82 Å². The van der Waals surface area contributed by atoms with Gasteiger partial charge in [0.1, 0.15) is 5.82 Å². The van der Waals surface area contributed by atoms with E-state index in [1.165, 1.54) is 4.79 Å². The molecule has 1 heterocycles. The smallest absolute Gasteiger partial charge is 0.147 e. The van der Waals surface area contributed by atoms with E-state index in [0.717, 1.165) is 12.1 Å². The lowest BCUT2D eigenvalue weighted by molar-refractivity contribution is 0.776. The quantitative estimate of drug-likeness (QED) is 0.509. The van der Waals surface area contributed by atoms with Gasteiger partial charge in [0.25, 0.3) is 0 Å². The van der Waals surface area contributed by atoms with Gasteiger partial charge in [-0.05, 0) is 6.42 Å². The second-order valence-electron chi connectivity index (χ2n) is 1.86. The molecule has 0 bridgehead atoms. The van der Waals surface area contributed by atoms with E-state index in [1.54, 1.807) is 6.07 Å². The Bertz CT molecular complexity index is 203. The zero-order chi connectivity index (χ0) is 6.85. The Morgan fingerprint density at radius 1 is 1.78 bits per heavy atom. The highest BCUT2D eigenvalue weighted by atomic mass is 15.5. The van der Waals surface area contributed by atoms with Crippen molar-refractivity contribution in [1.29, 1.82) is 0 Å². The molecule has 0 aliphatic carbocycles. The third kappa shape index (κ3) is 0.960. The Kier molecular flexibility index (Phi) is 1.30. The molecular weight excluding hydrogens is 116 g/mol. The number of nitrogens with zero attached hydrogens (tertiary/aromatic N) is 2. The molecule has 0 aliphatic heterocycles. The topological polar surface area (TPSA) is 69.9 Å². The highest BCUT2D eigenvalue weighted by molar-refractivity contribution is 5.29. The molecule has 0 saturated heterocycles. The number of anilines is 1. The van der Waals surface area contributed by atoms with Crippen molar-refractivity contribution < 1.29 is 0 Å². The largest absolute Gasteiger partial charge is 0.382 e. The van der Waals surface area contributed by atoms with Gasteiger partial charge in [0.05, 0.1) is 5.69 Å². The van der Waals surface area contributed by atoms with Crippen LogP contribution in [0.25, 0.3) is 0 Å². The van der Waals surface area contributed by atoms with E-state index in [2.05, 4.69) is 5.10 Å². The summed E-state index contributed by atoms with van der Waals surface area (Å²) in [5.41, 5.74) is 6.29. The SMILES string of the molecule is CCc1cc(N)nn1N. The van der Waals surface area contributed by atoms with Crippen molar-refractivity contribution in [2.45, 2.75) is 13.3 Å². The fourth-order valence-corrected chi connectivity index (χ4v) is 0.718. The second kappa shape index (κ2) is 1.97. The molecule has 4 heteroatoms. The van der Waals surface area contributed by atoms with Crippen LogP contribution in [0.4, 0.5) is 5.82 Å².